The van der Waals surface area contributed by atoms with Crippen molar-refractivity contribution in [2.24, 2.45) is 0 Å². The van der Waals surface area contributed by atoms with Crippen molar-refractivity contribution >= 4 is 0 Å². The van der Waals surface area contributed by atoms with E-state index in [9.17, 15) is 0 Å². The first-order valence-electron chi connectivity index (χ1n) is 5.80. The van der Waals surface area contributed by atoms with Gasteiger partial charge in [-0.25, -0.2) is 0 Å². The van der Waals surface area contributed by atoms with Gasteiger partial charge in [0.05, 0.1) is 0 Å². The Kier molecular flexibility index (Phi) is 3.83. The van der Waals surface area contributed by atoms with Crippen molar-refractivity contribution in [3.05, 3.63) is 59.7 Å². The Morgan fingerprint density at radius 3 is 2.53 bits per heavy atom. The van der Waals surface area contributed by atoms with Gasteiger partial charge in [0.2, 0.25) is 0 Å². The second-order valence-corrected chi connectivity index (χ2v) is 4.19. The summed E-state index contributed by atoms with van der Waals surface area (Å²) < 4.78 is 0. The molecule has 0 saturated heterocycles. The largest absolute Gasteiger partial charge is 0.306 e. The number of nitrogens with one attached hydrogen (secondary N) is 1. The molecule has 0 saturated carbocycles. The lowest BCUT2D eigenvalue weighted by Crippen LogP contribution is -2.18. The number of nitrogens with zero attached hydrogens (tertiary/aromatic N) is 2. The third-order valence-electron chi connectivity index (χ3n) is 2.95. The molecule has 1 N–H and O–H groups in total. The average molecular weight is 227 g/mol. The molecule has 1 atom stereocenters. The summed E-state index contributed by atoms with van der Waals surface area (Å²) in [4.78, 5) is 8.17. The summed E-state index contributed by atoms with van der Waals surface area (Å²) in [6.45, 7) is 5.10. The molecule has 0 aromatic carbocycles. The molecule has 0 unspecified atom stereocenters. The zero-order valence-corrected chi connectivity index (χ0v) is 10.2. The van der Waals surface area contributed by atoms with Gasteiger partial charge in [-0.05, 0) is 48.7 Å². The van der Waals surface area contributed by atoms with Crippen molar-refractivity contribution in [1.29, 1.82) is 0 Å². The zero-order chi connectivity index (χ0) is 12.1. The maximum atomic E-state index is 4.15. The molecule has 2 aromatic rings. The van der Waals surface area contributed by atoms with E-state index in [1.54, 1.807) is 0 Å². The zero-order valence-electron chi connectivity index (χ0n) is 10.2. The molecule has 0 fully saturated rings. The second-order valence-electron chi connectivity index (χ2n) is 4.19. The van der Waals surface area contributed by atoms with Crippen LogP contribution in [-0.2, 0) is 6.54 Å². The molecular formula is C14H17N3. The number of aromatic nitrogens is 2. The normalized spacial score (nSPS) is 12.4. The van der Waals surface area contributed by atoms with Crippen LogP contribution in [0.2, 0.25) is 0 Å². The minimum absolute atomic E-state index is 0.317. The van der Waals surface area contributed by atoms with Crippen LogP contribution < -0.4 is 5.32 Å². The number of pyridine rings is 2. The van der Waals surface area contributed by atoms with Crippen molar-refractivity contribution in [3.8, 4) is 0 Å². The Morgan fingerprint density at radius 1 is 1.12 bits per heavy atom. The first-order valence-corrected chi connectivity index (χ1v) is 5.80. The molecule has 3 nitrogen and oxygen atoms in total. The molecular weight excluding hydrogens is 210 g/mol. The van der Waals surface area contributed by atoms with Crippen LogP contribution in [-0.4, -0.2) is 9.97 Å². The maximum absolute atomic E-state index is 4.15. The van der Waals surface area contributed by atoms with E-state index >= 15 is 0 Å². The fraction of sp³-hybridized carbons (Fsp3) is 0.286. The quantitative estimate of drug-likeness (QED) is 0.872. The van der Waals surface area contributed by atoms with Gasteiger partial charge in [-0.2, -0.15) is 0 Å². The summed E-state index contributed by atoms with van der Waals surface area (Å²) in [5.74, 6) is 0. The predicted molar refractivity (Wildman–Crippen MR) is 68.5 cm³/mol. The van der Waals surface area contributed by atoms with E-state index in [2.05, 4.69) is 29.1 Å². The lowest BCUT2D eigenvalue weighted by molar-refractivity contribution is 0.572. The van der Waals surface area contributed by atoms with E-state index in [0.29, 0.717) is 6.04 Å². The van der Waals surface area contributed by atoms with Crippen LogP contribution in [0.5, 0.6) is 0 Å². The van der Waals surface area contributed by atoms with Crippen molar-refractivity contribution in [1.82, 2.24) is 15.3 Å². The van der Waals surface area contributed by atoms with E-state index in [-0.39, 0.29) is 0 Å². The standard InChI is InChI=1S/C14H17N3/c1-11-3-6-16-9-14(11)10-17-12(2)13-4-7-15-8-5-13/h3-9,12,17H,10H2,1-2H3/t12-/m0/s1. The van der Waals surface area contributed by atoms with Gasteiger partial charge in [0.15, 0.2) is 0 Å². The highest BCUT2D eigenvalue weighted by Gasteiger charge is 2.05. The molecule has 0 aliphatic heterocycles. The Bertz CT molecular complexity index is 468. The van der Waals surface area contributed by atoms with Crippen molar-refractivity contribution in [2.45, 2.75) is 26.4 Å². The van der Waals surface area contributed by atoms with E-state index in [1.165, 1.54) is 16.7 Å². The molecule has 3 heteroatoms. The highest BCUT2D eigenvalue weighted by molar-refractivity contribution is 5.22. The molecule has 0 bridgehead atoms. The van der Waals surface area contributed by atoms with Gasteiger partial charge in [-0.1, -0.05) is 0 Å². The summed E-state index contributed by atoms with van der Waals surface area (Å²) >= 11 is 0. The average Bonchev–Trinajstić information content (AvgIpc) is 2.38. The Labute approximate surface area is 102 Å². The second kappa shape index (κ2) is 5.55. The highest BCUT2D eigenvalue weighted by Crippen LogP contribution is 2.12. The number of rotatable bonds is 4. The van der Waals surface area contributed by atoms with E-state index in [1.807, 2.05) is 43.0 Å². The molecule has 0 radical (unpaired) electrons. The van der Waals surface area contributed by atoms with Crippen LogP contribution >= 0.6 is 0 Å². The van der Waals surface area contributed by atoms with Gasteiger partial charge >= 0.3 is 0 Å². The summed E-state index contributed by atoms with van der Waals surface area (Å²) in [6, 6.07) is 6.42. The van der Waals surface area contributed by atoms with Gasteiger partial charge in [0, 0.05) is 37.4 Å². The minimum atomic E-state index is 0.317. The highest BCUT2D eigenvalue weighted by atomic mass is 14.9. The molecule has 88 valence electrons. The van der Waals surface area contributed by atoms with Crippen LogP contribution in [0.1, 0.15) is 29.7 Å². The first-order chi connectivity index (χ1) is 8.27. The van der Waals surface area contributed by atoms with Gasteiger partial charge in [0.1, 0.15) is 0 Å². The van der Waals surface area contributed by atoms with E-state index in [0.717, 1.165) is 6.54 Å². The van der Waals surface area contributed by atoms with Crippen LogP contribution in [0.25, 0.3) is 0 Å². The van der Waals surface area contributed by atoms with Crippen molar-refractivity contribution in [2.75, 3.05) is 0 Å². The summed E-state index contributed by atoms with van der Waals surface area (Å²) in [5, 5.41) is 3.49. The predicted octanol–water partition coefficient (Wildman–Crippen LogP) is 2.64. The van der Waals surface area contributed by atoms with Crippen LogP contribution in [0.4, 0.5) is 0 Å². The Hall–Kier alpha value is -1.74. The van der Waals surface area contributed by atoms with Crippen molar-refractivity contribution in [3.63, 3.8) is 0 Å². The molecule has 0 amide bonds. The Balaban J connectivity index is 1.97. The molecule has 2 heterocycles. The smallest absolute Gasteiger partial charge is 0.0315 e. The topological polar surface area (TPSA) is 37.8 Å². The van der Waals surface area contributed by atoms with E-state index in [4.69, 9.17) is 0 Å². The lowest BCUT2D eigenvalue weighted by Gasteiger charge is -2.14. The monoisotopic (exact) mass is 227 g/mol. The molecule has 17 heavy (non-hydrogen) atoms. The summed E-state index contributed by atoms with van der Waals surface area (Å²) in [7, 11) is 0. The number of hydrogen-bond acceptors (Lipinski definition) is 3. The molecule has 0 spiro atoms. The van der Waals surface area contributed by atoms with Gasteiger partial charge in [-0.3, -0.25) is 9.97 Å². The van der Waals surface area contributed by atoms with Gasteiger partial charge < -0.3 is 5.32 Å². The van der Waals surface area contributed by atoms with Gasteiger partial charge in [-0.15, -0.1) is 0 Å². The van der Waals surface area contributed by atoms with Crippen LogP contribution in [0.3, 0.4) is 0 Å². The summed E-state index contributed by atoms with van der Waals surface area (Å²) in [6.07, 6.45) is 7.39. The number of aryl methyl sites for hydroxylation is 1. The Morgan fingerprint density at radius 2 is 1.82 bits per heavy atom. The van der Waals surface area contributed by atoms with Crippen LogP contribution in [0, 0.1) is 6.92 Å². The fourth-order valence-corrected chi connectivity index (χ4v) is 1.71. The van der Waals surface area contributed by atoms with Crippen LogP contribution in [0.15, 0.2) is 43.0 Å². The molecule has 0 aliphatic carbocycles. The first kappa shape index (κ1) is 11.7. The lowest BCUT2D eigenvalue weighted by atomic mass is 10.1. The van der Waals surface area contributed by atoms with E-state index < -0.39 is 0 Å². The van der Waals surface area contributed by atoms with Gasteiger partial charge in [0.25, 0.3) is 0 Å². The third-order valence-corrected chi connectivity index (χ3v) is 2.95. The third kappa shape index (κ3) is 3.11. The molecule has 2 aromatic heterocycles. The molecule has 0 aliphatic rings. The molecule has 2 rings (SSSR count). The summed E-state index contributed by atoms with van der Waals surface area (Å²) in [5.41, 5.74) is 3.77. The maximum Gasteiger partial charge on any atom is 0.0315 e. The van der Waals surface area contributed by atoms with Crippen molar-refractivity contribution < 1.29 is 0 Å². The fourth-order valence-electron chi connectivity index (χ4n) is 1.71. The number of hydrogen-bond donors (Lipinski definition) is 1. The minimum Gasteiger partial charge on any atom is -0.306 e. The SMILES string of the molecule is Cc1ccncc1CN[C@@H](C)c1ccncc1.